The molecule has 4 heteroatoms. The van der Waals surface area contributed by atoms with Crippen molar-refractivity contribution >= 4 is 12.6 Å². The minimum Gasteiger partial charge on any atom is -0.496 e. The van der Waals surface area contributed by atoms with E-state index in [1.807, 2.05) is 12.1 Å². The van der Waals surface area contributed by atoms with E-state index in [0.717, 1.165) is 54.1 Å². The average molecular weight is 425 g/mol. The average Bonchev–Trinajstić information content (AvgIpc) is 2.70. The van der Waals surface area contributed by atoms with Crippen molar-refractivity contribution < 1.29 is 19.1 Å². The summed E-state index contributed by atoms with van der Waals surface area (Å²) in [5.41, 5.74) is 5.31. The van der Waals surface area contributed by atoms with Crippen LogP contribution in [0.4, 0.5) is 0 Å². The van der Waals surface area contributed by atoms with Crippen LogP contribution in [0.3, 0.4) is 0 Å². The number of methoxy groups -OCH3 is 2. The maximum Gasteiger partial charge on any atom is 0.153 e. The van der Waals surface area contributed by atoms with Crippen molar-refractivity contribution in [3.8, 4) is 11.5 Å². The van der Waals surface area contributed by atoms with Crippen molar-refractivity contribution in [1.29, 1.82) is 0 Å². The largest absolute Gasteiger partial charge is 0.496 e. The second-order valence-electron chi connectivity index (χ2n) is 10.1. The number of carbonyl (C=O) groups is 2. The lowest BCUT2D eigenvalue weighted by molar-refractivity contribution is 0.111. The van der Waals surface area contributed by atoms with Crippen molar-refractivity contribution in [3.05, 3.63) is 57.6 Å². The molecule has 0 aliphatic rings. The summed E-state index contributed by atoms with van der Waals surface area (Å²) in [6.07, 6.45) is 4.08. The van der Waals surface area contributed by atoms with Crippen molar-refractivity contribution in [2.45, 2.75) is 71.6 Å². The van der Waals surface area contributed by atoms with E-state index in [1.165, 1.54) is 0 Å². The van der Waals surface area contributed by atoms with Crippen LogP contribution in [0, 0.1) is 0 Å². The monoisotopic (exact) mass is 424 g/mol. The first-order valence-electron chi connectivity index (χ1n) is 10.8. The third-order valence-corrected chi connectivity index (χ3v) is 5.68. The Hall–Kier alpha value is -2.62. The number of ether oxygens (including phenoxy) is 2. The van der Waals surface area contributed by atoms with E-state index in [9.17, 15) is 9.59 Å². The molecule has 0 aliphatic carbocycles. The van der Waals surface area contributed by atoms with Crippen molar-refractivity contribution in [2.75, 3.05) is 14.2 Å². The Morgan fingerprint density at radius 3 is 1.29 bits per heavy atom. The summed E-state index contributed by atoms with van der Waals surface area (Å²) < 4.78 is 11.2. The van der Waals surface area contributed by atoms with E-state index >= 15 is 0 Å². The molecule has 168 valence electrons. The number of rotatable bonds is 8. The van der Waals surface area contributed by atoms with Gasteiger partial charge in [0, 0.05) is 0 Å². The first kappa shape index (κ1) is 24.6. The number of carbonyl (C=O) groups excluding carboxylic acids is 2. The molecule has 0 aliphatic heterocycles. The summed E-state index contributed by atoms with van der Waals surface area (Å²) in [4.78, 5) is 23.3. The second-order valence-corrected chi connectivity index (χ2v) is 10.1. The molecule has 0 fully saturated rings. The third kappa shape index (κ3) is 5.75. The Morgan fingerprint density at radius 1 is 0.677 bits per heavy atom. The number of benzene rings is 2. The molecule has 0 aromatic heterocycles. The normalized spacial score (nSPS) is 11.9. The molecule has 0 bridgehead atoms. The fourth-order valence-corrected chi connectivity index (χ4v) is 3.81. The zero-order chi connectivity index (χ0) is 23.4. The van der Waals surface area contributed by atoms with Gasteiger partial charge in [0.25, 0.3) is 0 Å². The van der Waals surface area contributed by atoms with Gasteiger partial charge in [-0.15, -0.1) is 0 Å². The van der Waals surface area contributed by atoms with Gasteiger partial charge in [-0.1, -0.05) is 53.7 Å². The summed E-state index contributed by atoms with van der Waals surface area (Å²) in [5, 5.41) is 0. The highest BCUT2D eigenvalue weighted by Gasteiger charge is 2.21. The Morgan fingerprint density at radius 2 is 1.03 bits per heavy atom. The van der Waals surface area contributed by atoms with E-state index in [2.05, 4.69) is 53.7 Å². The third-order valence-electron chi connectivity index (χ3n) is 5.68. The summed E-state index contributed by atoms with van der Waals surface area (Å²) >= 11 is 0. The van der Waals surface area contributed by atoms with Crippen LogP contribution in [0.25, 0.3) is 0 Å². The SMILES string of the molecule is COc1c(C=O)cc(C(C)(C)C)cc1CCCc1cc(C(C)(C)C)cc(C=O)c1OC. The van der Waals surface area contributed by atoms with E-state index in [4.69, 9.17) is 9.47 Å². The second kappa shape index (κ2) is 9.67. The first-order valence-corrected chi connectivity index (χ1v) is 10.8. The molecule has 0 N–H and O–H groups in total. The smallest absolute Gasteiger partial charge is 0.153 e. The maximum atomic E-state index is 11.7. The summed E-state index contributed by atoms with van der Waals surface area (Å²) in [6, 6.07) is 8.13. The number of aldehydes is 2. The van der Waals surface area contributed by atoms with Crippen LogP contribution in [0.2, 0.25) is 0 Å². The standard InChI is InChI=1S/C27H36O4/c1-26(2,3)22-12-18(24(30-7)20(14-22)16-28)10-9-11-19-13-23(27(4,5)6)15-21(17-29)25(19)31-8/h12-17H,9-11H2,1-8H3. The van der Waals surface area contributed by atoms with Gasteiger partial charge in [-0.3, -0.25) is 9.59 Å². The predicted octanol–water partition coefficient (Wildman–Crippen LogP) is 6.10. The van der Waals surface area contributed by atoms with Gasteiger partial charge < -0.3 is 9.47 Å². The molecule has 0 atom stereocenters. The molecule has 31 heavy (non-hydrogen) atoms. The molecular formula is C27H36O4. The van der Waals surface area contributed by atoms with Crippen molar-refractivity contribution in [2.24, 2.45) is 0 Å². The number of hydrogen-bond donors (Lipinski definition) is 0. The molecule has 0 spiro atoms. The number of hydrogen-bond acceptors (Lipinski definition) is 4. The van der Waals surface area contributed by atoms with Gasteiger partial charge in [0.1, 0.15) is 11.5 Å². The van der Waals surface area contributed by atoms with Gasteiger partial charge >= 0.3 is 0 Å². The lowest BCUT2D eigenvalue weighted by Crippen LogP contribution is -2.14. The molecule has 0 amide bonds. The van der Waals surface area contributed by atoms with Crippen molar-refractivity contribution in [3.63, 3.8) is 0 Å². The van der Waals surface area contributed by atoms with Crippen LogP contribution in [-0.2, 0) is 23.7 Å². The Bertz CT molecular complexity index is 866. The van der Waals surface area contributed by atoms with E-state index in [-0.39, 0.29) is 10.8 Å². The Labute approximate surface area is 187 Å². The molecule has 0 radical (unpaired) electrons. The molecule has 2 rings (SSSR count). The minimum atomic E-state index is -0.0676. The molecule has 4 nitrogen and oxygen atoms in total. The number of aryl methyl sites for hydroxylation is 2. The van der Waals surface area contributed by atoms with E-state index in [0.29, 0.717) is 22.6 Å². The molecular weight excluding hydrogens is 388 g/mol. The topological polar surface area (TPSA) is 52.6 Å². The van der Waals surface area contributed by atoms with Crippen LogP contribution < -0.4 is 9.47 Å². The quantitative estimate of drug-likeness (QED) is 0.481. The van der Waals surface area contributed by atoms with Crippen LogP contribution in [-0.4, -0.2) is 26.8 Å². The van der Waals surface area contributed by atoms with Gasteiger partial charge in [-0.2, -0.15) is 0 Å². The van der Waals surface area contributed by atoms with Gasteiger partial charge in [0.05, 0.1) is 25.3 Å². The molecule has 0 saturated carbocycles. The first-order chi connectivity index (χ1) is 14.5. The lowest BCUT2D eigenvalue weighted by atomic mass is 9.83. The summed E-state index contributed by atoms with van der Waals surface area (Å²) in [7, 11) is 3.21. The van der Waals surface area contributed by atoms with E-state index < -0.39 is 0 Å². The molecule has 0 saturated heterocycles. The van der Waals surface area contributed by atoms with Crippen LogP contribution in [0.1, 0.15) is 90.9 Å². The van der Waals surface area contributed by atoms with Crippen LogP contribution in [0.5, 0.6) is 11.5 Å². The van der Waals surface area contributed by atoms with Gasteiger partial charge in [0.15, 0.2) is 12.6 Å². The zero-order valence-electron chi connectivity index (χ0n) is 20.2. The fraction of sp³-hybridized carbons (Fsp3) is 0.481. The van der Waals surface area contributed by atoms with E-state index in [1.54, 1.807) is 14.2 Å². The van der Waals surface area contributed by atoms with Gasteiger partial charge in [-0.05, 0) is 64.5 Å². The highest BCUT2D eigenvalue weighted by Crippen LogP contribution is 2.34. The van der Waals surface area contributed by atoms with Crippen LogP contribution >= 0.6 is 0 Å². The predicted molar refractivity (Wildman–Crippen MR) is 126 cm³/mol. The summed E-state index contributed by atoms with van der Waals surface area (Å²) in [6.45, 7) is 12.8. The highest BCUT2D eigenvalue weighted by atomic mass is 16.5. The highest BCUT2D eigenvalue weighted by molar-refractivity contribution is 5.81. The molecule has 0 heterocycles. The lowest BCUT2D eigenvalue weighted by Gasteiger charge is -2.23. The van der Waals surface area contributed by atoms with Crippen molar-refractivity contribution in [1.82, 2.24) is 0 Å². The zero-order valence-corrected chi connectivity index (χ0v) is 20.2. The Kier molecular flexibility index (Phi) is 7.69. The molecule has 2 aromatic rings. The maximum absolute atomic E-state index is 11.7. The summed E-state index contributed by atoms with van der Waals surface area (Å²) in [5.74, 6) is 1.29. The van der Waals surface area contributed by atoms with Gasteiger partial charge in [-0.25, -0.2) is 0 Å². The molecule has 0 unspecified atom stereocenters. The van der Waals surface area contributed by atoms with Crippen LogP contribution in [0.15, 0.2) is 24.3 Å². The Balaban J connectivity index is 2.39. The fourth-order valence-electron chi connectivity index (χ4n) is 3.81. The minimum absolute atomic E-state index is 0.0676. The molecule has 2 aromatic carbocycles. The van der Waals surface area contributed by atoms with Gasteiger partial charge in [0.2, 0.25) is 0 Å².